The molecule has 82 valence electrons. The molecule has 0 bridgehead atoms. The molecule has 0 heterocycles. The molecule has 0 radical (unpaired) electrons. The van der Waals surface area contributed by atoms with Crippen molar-refractivity contribution in [2.45, 2.75) is 18.9 Å². The quantitative estimate of drug-likeness (QED) is 0.881. The maximum atomic E-state index is 6.30. The number of hydrogen-bond donors (Lipinski definition) is 1. The zero-order valence-electron chi connectivity index (χ0n) is 8.99. The number of benzene rings is 2. The molecule has 2 aromatic rings. The summed E-state index contributed by atoms with van der Waals surface area (Å²) >= 11 is 3.59. The highest BCUT2D eigenvalue weighted by Gasteiger charge is 2.30. The van der Waals surface area contributed by atoms with Gasteiger partial charge in [-0.2, -0.15) is 0 Å². The van der Waals surface area contributed by atoms with Gasteiger partial charge in [-0.3, -0.25) is 0 Å². The first kappa shape index (κ1) is 10.3. The minimum Gasteiger partial charge on any atom is -0.324 e. The van der Waals surface area contributed by atoms with E-state index >= 15 is 0 Å². The van der Waals surface area contributed by atoms with E-state index < -0.39 is 0 Å². The lowest BCUT2D eigenvalue weighted by molar-refractivity contribution is 0.638. The van der Waals surface area contributed by atoms with Crippen molar-refractivity contribution in [3.63, 3.8) is 0 Å². The van der Waals surface area contributed by atoms with E-state index in [1.165, 1.54) is 29.2 Å². The Balaban J connectivity index is 2.20. The van der Waals surface area contributed by atoms with Gasteiger partial charge in [-0.1, -0.05) is 46.3 Å². The largest absolute Gasteiger partial charge is 0.324 e. The summed E-state index contributed by atoms with van der Waals surface area (Å²) in [5.41, 5.74) is 7.59. The van der Waals surface area contributed by atoms with Crippen molar-refractivity contribution in [3.05, 3.63) is 46.4 Å². The van der Waals surface area contributed by atoms with Gasteiger partial charge in [0.2, 0.25) is 0 Å². The van der Waals surface area contributed by atoms with Crippen LogP contribution in [0.2, 0.25) is 0 Å². The second kappa shape index (κ2) is 3.86. The third kappa shape index (κ3) is 1.66. The molecule has 1 aliphatic carbocycles. The topological polar surface area (TPSA) is 26.0 Å². The first-order chi connectivity index (χ1) is 7.77. The van der Waals surface area contributed by atoms with Gasteiger partial charge in [0.05, 0.1) is 0 Å². The third-order valence-electron chi connectivity index (χ3n) is 3.39. The summed E-state index contributed by atoms with van der Waals surface area (Å²) in [5, 5.41) is 2.55. The molecule has 2 heteroatoms. The normalized spacial score (nSPS) is 17.6. The summed E-state index contributed by atoms with van der Waals surface area (Å²) < 4.78 is 1.15. The van der Waals surface area contributed by atoms with Gasteiger partial charge >= 0.3 is 0 Å². The average Bonchev–Trinajstić information content (AvgIpc) is 3.13. The van der Waals surface area contributed by atoms with Crippen LogP contribution in [0.5, 0.6) is 0 Å². The molecule has 1 nitrogen and oxygen atoms in total. The summed E-state index contributed by atoms with van der Waals surface area (Å²) in [5.74, 6) is 0.699. The molecule has 0 spiro atoms. The van der Waals surface area contributed by atoms with Gasteiger partial charge in [0, 0.05) is 10.5 Å². The maximum Gasteiger partial charge on any atom is 0.0329 e. The zero-order chi connectivity index (χ0) is 11.1. The van der Waals surface area contributed by atoms with E-state index in [2.05, 4.69) is 52.3 Å². The highest BCUT2D eigenvalue weighted by atomic mass is 79.9. The second-order valence-electron chi connectivity index (χ2n) is 4.55. The van der Waals surface area contributed by atoms with Crippen LogP contribution in [-0.4, -0.2) is 0 Å². The van der Waals surface area contributed by atoms with Crippen LogP contribution in [0.4, 0.5) is 0 Å². The fourth-order valence-corrected chi connectivity index (χ4v) is 2.76. The van der Waals surface area contributed by atoms with Crippen LogP contribution in [0.15, 0.2) is 40.9 Å². The zero-order valence-corrected chi connectivity index (χ0v) is 10.6. The first-order valence-electron chi connectivity index (χ1n) is 5.70. The Morgan fingerprint density at radius 3 is 2.44 bits per heavy atom. The van der Waals surface area contributed by atoms with Crippen LogP contribution in [0.25, 0.3) is 10.8 Å². The monoisotopic (exact) mass is 275 g/mol. The molecule has 0 aromatic heterocycles. The van der Waals surface area contributed by atoms with Crippen LogP contribution < -0.4 is 5.73 Å². The summed E-state index contributed by atoms with van der Waals surface area (Å²) in [6, 6.07) is 12.9. The molecular formula is C14H14BrN. The van der Waals surface area contributed by atoms with Crippen molar-refractivity contribution in [1.29, 1.82) is 0 Å². The Hall–Kier alpha value is -0.860. The lowest BCUT2D eigenvalue weighted by atomic mass is 9.96. The Labute approximate surface area is 104 Å². The molecule has 2 N–H and O–H groups in total. The summed E-state index contributed by atoms with van der Waals surface area (Å²) in [6.07, 6.45) is 2.57. The van der Waals surface area contributed by atoms with Gasteiger partial charge in [0.1, 0.15) is 0 Å². The molecule has 1 aliphatic rings. The highest BCUT2D eigenvalue weighted by molar-refractivity contribution is 9.10. The minimum absolute atomic E-state index is 0.206. The van der Waals surface area contributed by atoms with Gasteiger partial charge < -0.3 is 5.73 Å². The van der Waals surface area contributed by atoms with Gasteiger partial charge in [-0.15, -0.1) is 0 Å². The Morgan fingerprint density at radius 2 is 1.75 bits per heavy atom. The molecule has 2 aromatic carbocycles. The van der Waals surface area contributed by atoms with Gasteiger partial charge in [0.25, 0.3) is 0 Å². The van der Waals surface area contributed by atoms with Crippen LogP contribution >= 0.6 is 15.9 Å². The first-order valence-corrected chi connectivity index (χ1v) is 6.49. The van der Waals surface area contributed by atoms with Crippen molar-refractivity contribution in [3.8, 4) is 0 Å². The predicted octanol–water partition coefficient (Wildman–Crippen LogP) is 4.01. The third-order valence-corrected chi connectivity index (χ3v) is 4.09. The van der Waals surface area contributed by atoms with Gasteiger partial charge in [-0.25, -0.2) is 0 Å². The molecule has 16 heavy (non-hydrogen) atoms. The Bertz CT molecular complexity index is 531. The minimum atomic E-state index is 0.206. The van der Waals surface area contributed by atoms with Crippen molar-refractivity contribution in [2.24, 2.45) is 11.7 Å². The second-order valence-corrected chi connectivity index (χ2v) is 5.40. The molecule has 0 unspecified atom stereocenters. The molecule has 0 amide bonds. The van der Waals surface area contributed by atoms with E-state index in [0.717, 1.165) is 4.47 Å². The highest BCUT2D eigenvalue weighted by Crippen LogP contribution is 2.42. The molecule has 1 fully saturated rings. The number of fused-ring (bicyclic) bond motifs is 1. The van der Waals surface area contributed by atoms with Crippen LogP contribution in [0.1, 0.15) is 24.4 Å². The van der Waals surface area contributed by atoms with Crippen molar-refractivity contribution >= 4 is 26.7 Å². The Kier molecular flexibility index (Phi) is 2.49. The standard InChI is InChI=1S/C14H14BrN/c15-13-8-7-12(14(16)9-5-6-9)10-3-1-2-4-11(10)13/h1-4,7-9,14H,5-6,16H2/t14-/m0/s1. The lowest BCUT2D eigenvalue weighted by Crippen LogP contribution is -2.12. The van der Waals surface area contributed by atoms with E-state index in [1.807, 2.05) is 0 Å². The number of hydrogen-bond acceptors (Lipinski definition) is 1. The van der Waals surface area contributed by atoms with E-state index in [4.69, 9.17) is 5.73 Å². The molecule has 3 rings (SSSR count). The summed E-state index contributed by atoms with van der Waals surface area (Å²) in [7, 11) is 0. The van der Waals surface area contributed by atoms with E-state index in [1.54, 1.807) is 0 Å². The molecule has 1 atom stereocenters. The smallest absolute Gasteiger partial charge is 0.0329 e. The fraction of sp³-hybridized carbons (Fsp3) is 0.286. The molecule has 0 aliphatic heterocycles. The van der Waals surface area contributed by atoms with Gasteiger partial charge in [-0.05, 0) is 41.2 Å². The number of rotatable bonds is 2. The molecule has 1 saturated carbocycles. The van der Waals surface area contributed by atoms with Crippen molar-refractivity contribution in [1.82, 2.24) is 0 Å². The predicted molar refractivity (Wildman–Crippen MR) is 71.3 cm³/mol. The van der Waals surface area contributed by atoms with E-state index in [-0.39, 0.29) is 6.04 Å². The van der Waals surface area contributed by atoms with Crippen LogP contribution in [0, 0.1) is 5.92 Å². The van der Waals surface area contributed by atoms with E-state index in [9.17, 15) is 0 Å². The van der Waals surface area contributed by atoms with E-state index in [0.29, 0.717) is 5.92 Å². The lowest BCUT2D eigenvalue weighted by Gasteiger charge is -2.14. The van der Waals surface area contributed by atoms with Crippen molar-refractivity contribution in [2.75, 3.05) is 0 Å². The SMILES string of the molecule is N[C@H](c1ccc(Br)c2ccccc12)C1CC1. The molecular weight excluding hydrogens is 262 g/mol. The van der Waals surface area contributed by atoms with Crippen LogP contribution in [-0.2, 0) is 0 Å². The van der Waals surface area contributed by atoms with Gasteiger partial charge in [0.15, 0.2) is 0 Å². The maximum absolute atomic E-state index is 6.30. The summed E-state index contributed by atoms with van der Waals surface area (Å²) in [4.78, 5) is 0. The molecule has 0 saturated heterocycles. The summed E-state index contributed by atoms with van der Waals surface area (Å²) in [6.45, 7) is 0. The number of nitrogens with two attached hydrogens (primary N) is 1. The van der Waals surface area contributed by atoms with Crippen molar-refractivity contribution < 1.29 is 0 Å². The fourth-order valence-electron chi connectivity index (χ4n) is 2.29. The van der Waals surface area contributed by atoms with Crippen LogP contribution in [0.3, 0.4) is 0 Å². The number of halogens is 1. The Morgan fingerprint density at radius 1 is 1.06 bits per heavy atom. The average molecular weight is 276 g/mol.